The molecular weight excluding hydrogens is 636 g/mol. The maximum Gasteiger partial charge on any atom is 0.189 e. The molecule has 232 valence electrons. The van der Waals surface area contributed by atoms with Gasteiger partial charge in [-0.1, -0.05) is 42.5 Å². The molecule has 0 unspecified atom stereocenters. The molecule has 6 aromatic carbocycles. The van der Waals surface area contributed by atoms with Crippen LogP contribution in [0.25, 0.3) is 80.6 Å². The van der Waals surface area contributed by atoms with Gasteiger partial charge in [0.05, 0.1) is 71.5 Å². The van der Waals surface area contributed by atoms with Gasteiger partial charge in [-0.3, -0.25) is 0 Å². The molecule has 0 amide bonds. The summed E-state index contributed by atoms with van der Waals surface area (Å²) in [5, 5.41) is 33.1. The van der Waals surface area contributed by atoms with E-state index in [0.29, 0.717) is 61.6 Å². The Hall–Kier alpha value is -8.21. The summed E-state index contributed by atoms with van der Waals surface area (Å²) in [5.41, 5.74) is 5.39. The average molecular weight is 653 g/mol. The zero-order chi connectivity index (χ0) is 35.4. The lowest BCUT2D eigenvalue weighted by Crippen LogP contribution is -2.06. The van der Waals surface area contributed by atoms with Crippen molar-refractivity contribution in [2.45, 2.75) is 0 Å². The molecule has 0 aliphatic carbocycles. The average Bonchev–Trinajstić information content (AvgIpc) is 3.67. The van der Waals surface area contributed by atoms with E-state index in [9.17, 15) is 15.8 Å². The predicted molar refractivity (Wildman–Crippen MR) is 193 cm³/mol. The van der Waals surface area contributed by atoms with Gasteiger partial charge in [0.15, 0.2) is 17.1 Å². The minimum absolute atomic E-state index is 0.116. The smallest absolute Gasteiger partial charge is 0.189 e. The summed E-state index contributed by atoms with van der Waals surface area (Å²) < 4.78 is 20.2. The van der Waals surface area contributed by atoms with E-state index in [2.05, 4.69) is 26.7 Å². The zero-order valence-electron chi connectivity index (χ0n) is 26.3. The molecule has 0 aliphatic rings. The molecule has 9 heteroatoms. The van der Waals surface area contributed by atoms with Crippen molar-refractivity contribution in [2.24, 2.45) is 0 Å². The Morgan fingerprint density at radius 2 is 0.863 bits per heavy atom. The van der Waals surface area contributed by atoms with E-state index in [1.807, 2.05) is 39.5 Å². The number of hydrogen-bond acceptors (Lipinski definition) is 3. The van der Waals surface area contributed by atoms with Gasteiger partial charge < -0.3 is 9.13 Å². The molecule has 2 heterocycles. The second-order valence-electron chi connectivity index (χ2n) is 11.8. The second-order valence-corrected chi connectivity index (χ2v) is 11.8. The third kappa shape index (κ3) is 4.53. The number of halogens is 1. The number of hydrogen-bond donors (Lipinski definition) is 0. The van der Waals surface area contributed by atoms with Crippen LogP contribution in [0.1, 0.15) is 16.7 Å². The van der Waals surface area contributed by atoms with Crippen molar-refractivity contribution in [3.05, 3.63) is 160 Å². The molecule has 0 saturated heterocycles. The summed E-state index contributed by atoms with van der Waals surface area (Å²) in [6.07, 6.45) is 0. The summed E-state index contributed by atoms with van der Waals surface area (Å²) in [4.78, 5) is 11.0. The minimum Gasteiger partial charge on any atom is -0.311 e. The monoisotopic (exact) mass is 652 g/mol. The van der Waals surface area contributed by atoms with Crippen LogP contribution in [0.4, 0.5) is 21.5 Å². The highest BCUT2D eigenvalue weighted by molar-refractivity contribution is 6.13. The first-order valence-electron chi connectivity index (χ1n) is 15.4. The molecule has 0 radical (unpaired) electrons. The van der Waals surface area contributed by atoms with Crippen LogP contribution in [0.3, 0.4) is 0 Å². The van der Waals surface area contributed by atoms with Gasteiger partial charge in [-0.05, 0) is 60.7 Å². The Bertz CT molecular complexity index is 2810. The van der Waals surface area contributed by atoms with Gasteiger partial charge >= 0.3 is 0 Å². The molecule has 0 N–H and O–H groups in total. The normalized spacial score (nSPS) is 10.7. The second kappa shape index (κ2) is 11.5. The minimum atomic E-state index is -0.689. The number of rotatable bonds is 3. The molecule has 0 bridgehead atoms. The van der Waals surface area contributed by atoms with Crippen LogP contribution in [-0.4, -0.2) is 9.13 Å². The number of fused-ring (bicyclic) bond motifs is 6. The number of nitrogens with zero attached hydrogens (tertiary/aromatic N) is 8. The fraction of sp³-hybridized carbons (Fsp3) is 0. The third-order valence-electron chi connectivity index (χ3n) is 9.08. The van der Waals surface area contributed by atoms with Gasteiger partial charge in [-0.25, -0.2) is 18.9 Å². The highest BCUT2D eigenvalue weighted by Crippen LogP contribution is 2.45. The molecule has 51 heavy (non-hydrogen) atoms. The van der Waals surface area contributed by atoms with E-state index in [1.165, 1.54) is 12.1 Å². The Balaban J connectivity index is 1.65. The molecule has 8 rings (SSSR count). The summed E-state index contributed by atoms with van der Waals surface area (Å²) in [7, 11) is 0. The van der Waals surface area contributed by atoms with Crippen molar-refractivity contribution in [1.82, 2.24) is 9.13 Å². The quantitative estimate of drug-likeness (QED) is 0.178. The maximum atomic E-state index is 16.5. The topological polar surface area (TPSA) is 94.3 Å². The van der Waals surface area contributed by atoms with Gasteiger partial charge in [0.1, 0.15) is 5.82 Å². The lowest BCUT2D eigenvalue weighted by atomic mass is 9.96. The Morgan fingerprint density at radius 3 is 1.27 bits per heavy atom. The fourth-order valence-corrected chi connectivity index (χ4v) is 6.89. The van der Waals surface area contributed by atoms with E-state index in [0.717, 1.165) is 27.6 Å². The number of nitriles is 3. The first-order chi connectivity index (χ1) is 24.9. The molecule has 0 fully saturated rings. The van der Waals surface area contributed by atoms with Gasteiger partial charge in [0.25, 0.3) is 0 Å². The standard InChI is InChI=1S/C42H17FN8/c1-47-27-6-11-31-30-9-4-25(22-45)15-36(30)50(37(31)18-27)40-16-26(23-46)17-41(42(40)34-10-5-24(21-44)14-35(34)43)51-38-19-28(48-2)7-12-32(38)33-13-8-29(49-3)20-39(33)51/h4-20H. The van der Waals surface area contributed by atoms with Gasteiger partial charge in [-0.2, -0.15) is 15.8 Å². The van der Waals surface area contributed by atoms with E-state index >= 15 is 4.39 Å². The zero-order valence-corrected chi connectivity index (χ0v) is 26.3. The Kier molecular flexibility index (Phi) is 6.79. The molecule has 0 aliphatic heterocycles. The maximum absolute atomic E-state index is 16.5. The van der Waals surface area contributed by atoms with Crippen molar-refractivity contribution >= 4 is 60.7 Å². The van der Waals surface area contributed by atoms with E-state index in [-0.39, 0.29) is 16.7 Å². The van der Waals surface area contributed by atoms with E-state index in [1.54, 1.807) is 60.7 Å². The molecular formula is C42H17FN8. The van der Waals surface area contributed by atoms with Crippen LogP contribution in [0.5, 0.6) is 0 Å². The molecule has 2 aromatic heterocycles. The molecule has 8 aromatic rings. The van der Waals surface area contributed by atoms with Crippen molar-refractivity contribution in [3.8, 4) is 40.7 Å². The van der Waals surface area contributed by atoms with Crippen LogP contribution >= 0.6 is 0 Å². The van der Waals surface area contributed by atoms with Gasteiger partial charge in [0.2, 0.25) is 0 Å². The molecule has 8 nitrogen and oxygen atoms in total. The third-order valence-corrected chi connectivity index (χ3v) is 9.08. The largest absolute Gasteiger partial charge is 0.311 e. The summed E-state index contributed by atoms with van der Waals surface area (Å²) in [5.74, 6) is -0.689. The van der Waals surface area contributed by atoms with E-state index in [4.69, 9.17) is 19.7 Å². The van der Waals surface area contributed by atoms with Crippen LogP contribution in [-0.2, 0) is 0 Å². The van der Waals surface area contributed by atoms with Crippen LogP contribution < -0.4 is 0 Å². The lowest BCUT2D eigenvalue weighted by Gasteiger charge is -2.21. The van der Waals surface area contributed by atoms with Crippen LogP contribution in [0.2, 0.25) is 0 Å². The molecule has 0 atom stereocenters. The lowest BCUT2D eigenvalue weighted by molar-refractivity contribution is 0.630. The number of aromatic nitrogens is 2. The first kappa shape index (κ1) is 30.1. The summed E-state index contributed by atoms with van der Waals surface area (Å²) in [6, 6.07) is 34.9. The Morgan fingerprint density at radius 1 is 0.471 bits per heavy atom. The van der Waals surface area contributed by atoms with Crippen molar-refractivity contribution in [3.63, 3.8) is 0 Å². The van der Waals surface area contributed by atoms with Gasteiger partial charge in [0, 0.05) is 49.2 Å². The summed E-state index contributed by atoms with van der Waals surface area (Å²) in [6.45, 7) is 23.3. The highest BCUT2D eigenvalue weighted by Gasteiger charge is 2.25. The van der Waals surface area contributed by atoms with E-state index < -0.39 is 5.82 Å². The van der Waals surface area contributed by atoms with Gasteiger partial charge in [-0.15, -0.1) is 0 Å². The fourth-order valence-electron chi connectivity index (χ4n) is 6.89. The predicted octanol–water partition coefficient (Wildman–Crippen LogP) is 11.0. The van der Waals surface area contributed by atoms with Crippen LogP contribution in [0, 0.1) is 59.5 Å². The Labute approximate surface area is 290 Å². The highest BCUT2D eigenvalue weighted by atomic mass is 19.1. The van der Waals surface area contributed by atoms with Crippen molar-refractivity contribution in [1.29, 1.82) is 15.8 Å². The molecule has 0 saturated carbocycles. The van der Waals surface area contributed by atoms with Crippen molar-refractivity contribution < 1.29 is 4.39 Å². The van der Waals surface area contributed by atoms with Crippen molar-refractivity contribution in [2.75, 3.05) is 0 Å². The number of benzene rings is 6. The summed E-state index contributed by atoms with van der Waals surface area (Å²) >= 11 is 0. The SMILES string of the molecule is [C-]#[N+]c1ccc2c3ccc(C#N)cc3n(-c3cc(C#N)cc(-n4c5cc([N+]#[C-])ccc5c5ccc([N+]#[C-])cc54)c3-c3ccc(C#N)cc3F)c2c1. The first-order valence-corrected chi connectivity index (χ1v) is 15.4. The van der Waals surface area contributed by atoms with Crippen LogP contribution in [0.15, 0.2) is 103 Å². The molecule has 0 spiro atoms.